The summed E-state index contributed by atoms with van der Waals surface area (Å²) in [5.41, 5.74) is 3.91. The maximum atomic E-state index is 13.6. The molecule has 4 atom stereocenters. The highest BCUT2D eigenvalue weighted by Crippen LogP contribution is 2.50. The van der Waals surface area contributed by atoms with Crippen LogP contribution in [0.25, 0.3) is 6.08 Å². The molecule has 3 heterocycles. The lowest BCUT2D eigenvalue weighted by atomic mass is 9.58. The molecule has 1 aliphatic carbocycles. The van der Waals surface area contributed by atoms with Crippen molar-refractivity contribution in [1.29, 1.82) is 0 Å². The maximum Gasteiger partial charge on any atom is 0.455 e. The zero-order valence-electron chi connectivity index (χ0n) is 21.6. The Kier molecular flexibility index (Phi) is 8.19. The SMILES string of the molecule is CCC/C(=C\c1ccc(O)cc1)CC[C@H]1OB(O)C[C@H]2C1=C(CO)C[C@H]1C(=O)N(Cc3cccs3)C(=O)[C@H]12. The summed E-state index contributed by atoms with van der Waals surface area (Å²) in [7, 11) is -1.03. The van der Waals surface area contributed by atoms with E-state index >= 15 is 0 Å². The van der Waals surface area contributed by atoms with Crippen molar-refractivity contribution < 1.29 is 29.5 Å². The van der Waals surface area contributed by atoms with E-state index in [1.165, 1.54) is 21.8 Å². The fraction of sp³-hybridized carbons (Fsp3) is 0.448. The van der Waals surface area contributed by atoms with Gasteiger partial charge in [-0.15, -0.1) is 11.3 Å². The van der Waals surface area contributed by atoms with Gasteiger partial charge in [0.05, 0.1) is 31.1 Å². The van der Waals surface area contributed by atoms with Crippen molar-refractivity contribution in [2.45, 2.75) is 58.0 Å². The molecule has 3 N–H and O–H groups in total. The number of benzene rings is 1. The molecule has 2 fully saturated rings. The van der Waals surface area contributed by atoms with Crippen LogP contribution in [0.5, 0.6) is 5.75 Å². The molecule has 3 aliphatic rings. The number of amides is 2. The number of hydrogen-bond donors (Lipinski definition) is 3. The molecule has 200 valence electrons. The largest absolute Gasteiger partial charge is 0.508 e. The summed E-state index contributed by atoms with van der Waals surface area (Å²) in [6.07, 6.45) is 5.50. The Morgan fingerprint density at radius 3 is 2.63 bits per heavy atom. The molecule has 0 spiro atoms. The Morgan fingerprint density at radius 1 is 1.16 bits per heavy atom. The van der Waals surface area contributed by atoms with Crippen molar-refractivity contribution in [1.82, 2.24) is 4.90 Å². The van der Waals surface area contributed by atoms with E-state index in [1.54, 1.807) is 12.1 Å². The number of fused-ring (bicyclic) bond motifs is 3. The Balaban J connectivity index is 1.39. The smallest absolute Gasteiger partial charge is 0.455 e. The van der Waals surface area contributed by atoms with E-state index in [-0.39, 0.29) is 43.0 Å². The van der Waals surface area contributed by atoms with Gasteiger partial charge in [0.1, 0.15) is 5.75 Å². The molecule has 0 bridgehead atoms. The van der Waals surface area contributed by atoms with Crippen molar-refractivity contribution in [3.05, 3.63) is 68.9 Å². The van der Waals surface area contributed by atoms with Crippen LogP contribution in [0.2, 0.25) is 6.32 Å². The van der Waals surface area contributed by atoms with Gasteiger partial charge in [0.2, 0.25) is 11.8 Å². The summed E-state index contributed by atoms with van der Waals surface area (Å²) in [5, 5.41) is 32.5. The minimum atomic E-state index is -1.03. The molecule has 0 unspecified atom stereocenters. The number of phenols is 1. The van der Waals surface area contributed by atoms with E-state index in [1.807, 2.05) is 29.6 Å². The topological polar surface area (TPSA) is 107 Å². The number of nitrogens with zero attached hydrogens (tertiary/aromatic N) is 1. The van der Waals surface area contributed by atoms with Gasteiger partial charge >= 0.3 is 7.12 Å². The summed E-state index contributed by atoms with van der Waals surface area (Å²) in [5.74, 6) is -1.50. The van der Waals surface area contributed by atoms with Crippen LogP contribution >= 0.6 is 11.3 Å². The highest BCUT2D eigenvalue weighted by Gasteiger charge is 2.57. The molecular formula is C29H34BNO6S. The third-order valence-corrected chi connectivity index (χ3v) is 8.91. The normalized spacial score (nSPS) is 25.7. The standard InChI is InChI=1S/C29H34BNO6S/c1-2-4-18(13-19-6-9-21(33)10-7-19)8-11-25-26-20(17-32)14-23-27(24(26)15-30(36)37-25)29(35)31(28(23)34)16-22-5-3-12-38-22/h3,5-7,9-10,12-13,23-25,27,32-33,36H,2,4,8,11,14-17H2,1H3/b18-13+/t23-,24+,25-,27-/m1/s1. The fourth-order valence-electron chi connectivity index (χ4n) is 6.40. The van der Waals surface area contributed by atoms with E-state index in [9.17, 15) is 24.8 Å². The van der Waals surface area contributed by atoms with Crippen molar-refractivity contribution >= 4 is 36.3 Å². The number of likely N-dealkylation sites (tertiary alicyclic amines) is 1. The Hall–Kier alpha value is -2.72. The van der Waals surface area contributed by atoms with Crippen LogP contribution in [0.15, 0.2) is 58.5 Å². The van der Waals surface area contributed by atoms with Gasteiger partial charge in [-0.3, -0.25) is 14.5 Å². The number of aliphatic hydroxyl groups is 1. The van der Waals surface area contributed by atoms with E-state index in [0.29, 0.717) is 12.8 Å². The number of thiophene rings is 1. The van der Waals surface area contributed by atoms with Crippen LogP contribution in [0.4, 0.5) is 0 Å². The monoisotopic (exact) mass is 535 g/mol. The molecule has 7 nitrogen and oxygen atoms in total. The summed E-state index contributed by atoms with van der Waals surface area (Å²) in [6, 6.07) is 10.9. The molecular weight excluding hydrogens is 501 g/mol. The lowest BCUT2D eigenvalue weighted by Crippen LogP contribution is -2.46. The number of aromatic hydroxyl groups is 1. The fourth-order valence-corrected chi connectivity index (χ4v) is 7.10. The number of aliphatic hydroxyl groups excluding tert-OH is 1. The number of hydrogen-bond acceptors (Lipinski definition) is 7. The van der Waals surface area contributed by atoms with Gasteiger partial charge in [-0.25, -0.2) is 0 Å². The molecule has 0 radical (unpaired) electrons. The van der Waals surface area contributed by atoms with E-state index in [4.69, 9.17) is 4.65 Å². The summed E-state index contributed by atoms with van der Waals surface area (Å²) >= 11 is 1.52. The molecule has 38 heavy (non-hydrogen) atoms. The first-order chi connectivity index (χ1) is 18.4. The highest BCUT2D eigenvalue weighted by molar-refractivity contribution is 7.09. The van der Waals surface area contributed by atoms with E-state index in [0.717, 1.165) is 40.8 Å². The van der Waals surface area contributed by atoms with Crippen LogP contribution in [-0.4, -0.2) is 51.8 Å². The van der Waals surface area contributed by atoms with Gasteiger partial charge in [0, 0.05) is 4.88 Å². The Labute approximate surface area is 227 Å². The third kappa shape index (κ3) is 5.38. The quantitative estimate of drug-likeness (QED) is 0.250. The maximum absolute atomic E-state index is 13.6. The summed E-state index contributed by atoms with van der Waals surface area (Å²) in [6.45, 7) is 2.20. The van der Waals surface area contributed by atoms with Crippen LogP contribution in [0, 0.1) is 17.8 Å². The molecule has 0 saturated carbocycles. The zero-order valence-corrected chi connectivity index (χ0v) is 22.4. The first-order valence-corrected chi connectivity index (χ1v) is 14.3. The van der Waals surface area contributed by atoms with Crippen LogP contribution in [0.1, 0.15) is 49.5 Å². The minimum Gasteiger partial charge on any atom is -0.508 e. The molecule has 1 aromatic heterocycles. The molecule has 2 amide bonds. The summed E-state index contributed by atoms with van der Waals surface area (Å²) < 4.78 is 6.02. The van der Waals surface area contributed by atoms with E-state index in [2.05, 4.69) is 13.0 Å². The molecule has 2 aliphatic heterocycles. The van der Waals surface area contributed by atoms with E-state index < -0.39 is 25.1 Å². The second-order valence-corrected chi connectivity index (χ2v) is 11.5. The highest BCUT2D eigenvalue weighted by atomic mass is 32.1. The van der Waals surface area contributed by atoms with Gasteiger partial charge in [0.15, 0.2) is 0 Å². The van der Waals surface area contributed by atoms with Gasteiger partial charge in [-0.05, 0) is 78.2 Å². The zero-order chi connectivity index (χ0) is 26.8. The first kappa shape index (κ1) is 26.9. The van der Waals surface area contributed by atoms with Crippen molar-refractivity contribution in [2.24, 2.45) is 17.8 Å². The minimum absolute atomic E-state index is 0.181. The average molecular weight is 535 g/mol. The van der Waals surface area contributed by atoms with Gasteiger partial charge in [0.25, 0.3) is 0 Å². The van der Waals surface area contributed by atoms with Gasteiger partial charge in [-0.2, -0.15) is 0 Å². The predicted octanol–water partition coefficient (Wildman–Crippen LogP) is 4.41. The molecule has 2 aromatic rings. The Bertz CT molecular complexity index is 1220. The average Bonchev–Trinajstić information content (AvgIpc) is 3.50. The number of imide groups is 1. The second-order valence-electron chi connectivity index (χ2n) is 10.5. The number of rotatable bonds is 9. The number of carbonyl (C=O) groups excluding carboxylic acids is 2. The van der Waals surface area contributed by atoms with Crippen LogP contribution in [0.3, 0.4) is 0 Å². The molecule has 2 saturated heterocycles. The number of allylic oxidation sites excluding steroid dienone is 1. The Morgan fingerprint density at radius 2 is 1.95 bits per heavy atom. The van der Waals surface area contributed by atoms with Gasteiger partial charge < -0.3 is 19.9 Å². The van der Waals surface area contributed by atoms with Crippen molar-refractivity contribution in [2.75, 3.05) is 6.61 Å². The lowest BCUT2D eigenvalue weighted by Gasteiger charge is -2.43. The van der Waals surface area contributed by atoms with Crippen molar-refractivity contribution in [3.63, 3.8) is 0 Å². The summed E-state index contributed by atoms with van der Waals surface area (Å²) in [4.78, 5) is 29.3. The van der Waals surface area contributed by atoms with Crippen LogP contribution in [-0.2, 0) is 20.8 Å². The second kappa shape index (κ2) is 11.6. The number of phenolic OH excluding ortho intramolecular Hbond substituents is 1. The predicted molar refractivity (Wildman–Crippen MR) is 147 cm³/mol. The van der Waals surface area contributed by atoms with Gasteiger partial charge in [-0.1, -0.05) is 43.2 Å². The van der Waals surface area contributed by atoms with Crippen molar-refractivity contribution in [3.8, 4) is 5.75 Å². The molecule has 9 heteroatoms. The third-order valence-electron chi connectivity index (χ3n) is 8.05. The molecule has 1 aromatic carbocycles. The number of carbonyl (C=O) groups is 2. The first-order valence-electron chi connectivity index (χ1n) is 13.4. The lowest BCUT2D eigenvalue weighted by molar-refractivity contribution is -0.140. The van der Waals surface area contributed by atoms with Crippen LogP contribution < -0.4 is 0 Å². The molecule has 5 rings (SSSR count).